The van der Waals surface area contributed by atoms with Gasteiger partial charge in [0, 0.05) is 12.2 Å². The summed E-state index contributed by atoms with van der Waals surface area (Å²) in [6, 6.07) is 14.5. The Morgan fingerprint density at radius 1 is 1.22 bits per heavy atom. The first-order valence-corrected chi connectivity index (χ1v) is 10.1. The molecule has 0 radical (unpaired) electrons. The minimum Gasteiger partial charge on any atom is -0.329 e. The second-order valence-corrected chi connectivity index (χ2v) is 7.60. The van der Waals surface area contributed by atoms with E-state index in [-0.39, 0.29) is 11.9 Å². The molecule has 138 valence electrons. The highest BCUT2D eigenvalue weighted by Gasteiger charge is 2.33. The van der Waals surface area contributed by atoms with Crippen molar-refractivity contribution in [2.45, 2.75) is 39.2 Å². The SMILES string of the molecule is CCc1nnsc1C(=O)N1CCCC1c1cc(-c2ccccc2)cc(C)n1. The first kappa shape index (κ1) is 17.8. The average molecular weight is 379 g/mol. The average Bonchev–Trinajstić information content (AvgIpc) is 3.37. The Hall–Kier alpha value is -2.60. The zero-order valence-corrected chi connectivity index (χ0v) is 16.4. The van der Waals surface area contributed by atoms with Crippen molar-refractivity contribution in [3.63, 3.8) is 0 Å². The molecule has 27 heavy (non-hydrogen) atoms. The fourth-order valence-electron chi connectivity index (χ4n) is 3.71. The molecule has 3 heterocycles. The Bertz CT molecular complexity index is 954. The molecule has 1 saturated heterocycles. The lowest BCUT2D eigenvalue weighted by atomic mass is 10.0. The summed E-state index contributed by atoms with van der Waals surface area (Å²) in [7, 11) is 0. The third-order valence-electron chi connectivity index (χ3n) is 5.02. The van der Waals surface area contributed by atoms with Crippen LogP contribution in [0.5, 0.6) is 0 Å². The molecule has 4 rings (SSSR count). The number of aryl methyl sites for hydroxylation is 2. The molecule has 0 N–H and O–H groups in total. The molecule has 1 amide bonds. The lowest BCUT2D eigenvalue weighted by Gasteiger charge is -2.24. The summed E-state index contributed by atoms with van der Waals surface area (Å²) < 4.78 is 3.98. The molecule has 2 aromatic heterocycles. The van der Waals surface area contributed by atoms with Crippen LogP contribution in [0.3, 0.4) is 0 Å². The third kappa shape index (κ3) is 3.49. The zero-order valence-electron chi connectivity index (χ0n) is 15.6. The predicted molar refractivity (Wildman–Crippen MR) is 107 cm³/mol. The van der Waals surface area contributed by atoms with Crippen molar-refractivity contribution in [3.05, 3.63) is 64.4 Å². The Morgan fingerprint density at radius 3 is 2.81 bits per heavy atom. The minimum atomic E-state index is 0.00617. The van der Waals surface area contributed by atoms with Crippen LogP contribution in [0.2, 0.25) is 0 Å². The van der Waals surface area contributed by atoms with Crippen LogP contribution in [0.4, 0.5) is 0 Å². The number of hydrogen-bond acceptors (Lipinski definition) is 5. The van der Waals surface area contributed by atoms with Crippen LogP contribution < -0.4 is 0 Å². The van der Waals surface area contributed by atoms with E-state index < -0.39 is 0 Å². The molecular weight excluding hydrogens is 356 g/mol. The highest BCUT2D eigenvalue weighted by atomic mass is 32.1. The molecule has 0 aliphatic carbocycles. The highest BCUT2D eigenvalue weighted by Crippen LogP contribution is 2.35. The van der Waals surface area contributed by atoms with E-state index in [2.05, 4.69) is 33.9 Å². The second-order valence-electron chi connectivity index (χ2n) is 6.85. The van der Waals surface area contributed by atoms with Gasteiger partial charge in [-0.3, -0.25) is 9.78 Å². The van der Waals surface area contributed by atoms with E-state index in [1.807, 2.05) is 36.9 Å². The number of benzene rings is 1. The number of pyridine rings is 1. The van der Waals surface area contributed by atoms with Gasteiger partial charge < -0.3 is 4.90 Å². The molecule has 1 atom stereocenters. The summed E-state index contributed by atoms with van der Waals surface area (Å²) in [5.41, 5.74) is 5.04. The van der Waals surface area contributed by atoms with Gasteiger partial charge in [0.05, 0.1) is 17.4 Å². The van der Waals surface area contributed by atoms with Gasteiger partial charge in [0.1, 0.15) is 4.88 Å². The van der Waals surface area contributed by atoms with E-state index in [1.54, 1.807) is 0 Å². The van der Waals surface area contributed by atoms with Crippen molar-refractivity contribution >= 4 is 17.4 Å². The molecule has 0 bridgehead atoms. The fraction of sp³-hybridized carbons (Fsp3) is 0.333. The number of carbonyl (C=O) groups is 1. The summed E-state index contributed by atoms with van der Waals surface area (Å²) in [5, 5.41) is 4.10. The van der Waals surface area contributed by atoms with Gasteiger partial charge in [-0.25, -0.2) is 0 Å². The molecule has 6 heteroatoms. The van der Waals surface area contributed by atoms with Gasteiger partial charge in [0.25, 0.3) is 5.91 Å². The smallest absolute Gasteiger partial charge is 0.268 e. The molecule has 3 aromatic rings. The van der Waals surface area contributed by atoms with Crippen molar-refractivity contribution in [1.82, 2.24) is 19.5 Å². The lowest BCUT2D eigenvalue weighted by molar-refractivity contribution is 0.0736. The Labute approximate surface area is 163 Å². The van der Waals surface area contributed by atoms with E-state index in [0.29, 0.717) is 4.88 Å². The predicted octanol–water partition coefficient (Wildman–Crippen LogP) is 4.45. The number of amides is 1. The van der Waals surface area contributed by atoms with E-state index in [1.165, 1.54) is 17.1 Å². The third-order valence-corrected chi connectivity index (χ3v) is 5.78. The topological polar surface area (TPSA) is 59.0 Å². The summed E-state index contributed by atoms with van der Waals surface area (Å²) in [6.07, 6.45) is 2.64. The molecular formula is C21H22N4OS. The zero-order chi connectivity index (χ0) is 18.8. The van der Waals surface area contributed by atoms with Crippen molar-refractivity contribution in [3.8, 4) is 11.1 Å². The standard InChI is InChI=1S/C21H22N4OS/c1-3-17-20(27-24-23-17)21(26)25-11-7-10-19(25)18-13-16(12-14(2)22-18)15-8-5-4-6-9-15/h4-6,8-9,12-13,19H,3,7,10-11H2,1-2H3. The van der Waals surface area contributed by atoms with Gasteiger partial charge in [0.15, 0.2) is 0 Å². The summed E-state index contributed by atoms with van der Waals surface area (Å²) in [4.78, 5) is 20.5. The number of rotatable bonds is 4. The Kier molecular flexibility index (Phi) is 4.99. The number of hydrogen-bond donors (Lipinski definition) is 0. The van der Waals surface area contributed by atoms with Crippen LogP contribution in [0, 0.1) is 6.92 Å². The van der Waals surface area contributed by atoms with E-state index in [0.717, 1.165) is 48.5 Å². The number of carbonyl (C=O) groups excluding carboxylic acids is 1. The fourth-order valence-corrected chi connectivity index (χ4v) is 4.42. The van der Waals surface area contributed by atoms with Crippen LogP contribution in [0.1, 0.15) is 52.6 Å². The Balaban J connectivity index is 1.68. The van der Waals surface area contributed by atoms with Gasteiger partial charge in [0.2, 0.25) is 0 Å². The van der Waals surface area contributed by atoms with Crippen molar-refractivity contribution in [2.24, 2.45) is 0 Å². The maximum atomic E-state index is 13.1. The molecule has 1 aromatic carbocycles. The van der Waals surface area contributed by atoms with Crippen molar-refractivity contribution in [2.75, 3.05) is 6.54 Å². The van der Waals surface area contributed by atoms with Gasteiger partial charge in [-0.1, -0.05) is 41.7 Å². The van der Waals surface area contributed by atoms with E-state index in [4.69, 9.17) is 4.98 Å². The summed E-state index contributed by atoms with van der Waals surface area (Å²) >= 11 is 1.20. The van der Waals surface area contributed by atoms with Crippen LogP contribution in [0.25, 0.3) is 11.1 Å². The van der Waals surface area contributed by atoms with Crippen molar-refractivity contribution in [1.29, 1.82) is 0 Å². The molecule has 5 nitrogen and oxygen atoms in total. The van der Waals surface area contributed by atoms with Crippen LogP contribution in [-0.4, -0.2) is 31.9 Å². The summed E-state index contributed by atoms with van der Waals surface area (Å²) in [6.45, 7) is 4.77. The van der Waals surface area contributed by atoms with Crippen molar-refractivity contribution < 1.29 is 4.79 Å². The first-order chi connectivity index (χ1) is 13.2. The summed E-state index contributed by atoms with van der Waals surface area (Å²) in [5.74, 6) is 0.0360. The molecule has 1 fully saturated rings. The molecule has 1 aliphatic rings. The first-order valence-electron chi connectivity index (χ1n) is 9.33. The quantitative estimate of drug-likeness (QED) is 0.673. The maximum absolute atomic E-state index is 13.1. The highest BCUT2D eigenvalue weighted by molar-refractivity contribution is 7.08. The van der Waals surface area contributed by atoms with Gasteiger partial charge in [-0.05, 0) is 61.0 Å². The second kappa shape index (κ2) is 7.56. The molecule has 0 spiro atoms. The van der Waals surface area contributed by atoms with Crippen LogP contribution in [0.15, 0.2) is 42.5 Å². The Morgan fingerprint density at radius 2 is 2.04 bits per heavy atom. The largest absolute Gasteiger partial charge is 0.329 e. The number of aromatic nitrogens is 3. The van der Waals surface area contributed by atoms with E-state index in [9.17, 15) is 4.79 Å². The lowest BCUT2D eigenvalue weighted by Crippen LogP contribution is -2.31. The van der Waals surface area contributed by atoms with Gasteiger partial charge in [-0.15, -0.1) is 5.10 Å². The molecule has 1 aliphatic heterocycles. The number of likely N-dealkylation sites (tertiary alicyclic amines) is 1. The molecule has 0 saturated carbocycles. The van der Waals surface area contributed by atoms with E-state index >= 15 is 0 Å². The van der Waals surface area contributed by atoms with Crippen LogP contribution >= 0.6 is 11.5 Å². The minimum absolute atomic E-state index is 0.00617. The van der Waals surface area contributed by atoms with Gasteiger partial charge >= 0.3 is 0 Å². The number of nitrogens with zero attached hydrogens (tertiary/aromatic N) is 4. The normalized spacial score (nSPS) is 16.7. The van der Waals surface area contributed by atoms with Crippen LogP contribution in [-0.2, 0) is 6.42 Å². The maximum Gasteiger partial charge on any atom is 0.268 e. The van der Waals surface area contributed by atoms with Gasteiger partial charge in [-0.2, -0.15) is 0 Å². The molecule has 1 unspecified atom stereocenters. The monoisotopic (exact) mass is 378 g/mol.